The number of hydrogen-bond acceptors (Lipinski definition) is 4. The Hall–Kier alpha value is -0.520. The number of aromatic nitrogens is 2. The van der Waals surface area contributed by atoms with Crippen molar-refractivity contribution in [3.63, 3.8) is 0 Å². The fourth-order valence-electron chi connectivity index (χ4n) is 1.14. The summed E-state index contributed by atoms with van der Waals surface area (Å²) in [5.41, 5.74) is 6.69. The number of imidazole rings is 1. The molecule has 0 aliphatic carbocycles. The third-order valence-electron chi connectivity index (χ3n) is 1.99. The summed E-state index contributed by atoms with van der Waals surface area (Å²) in [6.45, 7) is 2.87. The van der Waals surface area contributed by atoms with E-state index in [0.717, 1.165) is 23.0 Å². The Labute approximate surface area is 91.3 Å². The minimum atomic E-state index is 0.509. The molecule has 0 saturated heterocycles. The first kappa shape index (κ1) is 10.0. The molecule has 0 aromatic carbocycles. The largest absolute Gasteiger partial charge is 0.329 e. The van der Waals surface area contributed by atoms with Gasteiger partial charge in [0.25, 0.3) is 0 Å². The van der Waals surface area contributed by atoms with E-state index in [1.807, 2.05) is 23.3 Å². The Morgan fingerprint density at radius 1 is 1.71 bits per heavy atom. The summed E-state index contributed by atoms with van der Waals surface area (Å²) < 4.78 is 2.06. The molecule has 2 N–H and O–H groups in total. The summed E-state index contributed by atoms with van der Waals surface area (Å²) in [6, 6.07) is 0. The van der Waals surface area contributed by atoms with Crippen molar-refractivity contribution in [2.45, 2.75) is 17.9 Å². The van der Waals surface area contributed by atoms with Gasteiger partial charge in [-0.2, -0.15) is 11.8 Å². The highest BCUT2D eigenvalue weighted by molar-refractivity contribution is 7.99. The van der Waals surface area contributed by atoms with E-state index in [-0.39, 0.29) is 0 Å². The van der Waals surface area contributed by atoms with Crippen LogP contribution in [0.5, 0.6) is 0 Å². The van der Waals surface area contributed by atoms with Gasteiger partial charge in [-0.25, -0.2) is 4.98 Å². The maximum Gasteiger partial charge on any atom is 0.193 e. The highest BCUT2D eigenvalue weighted by atomic mass is 32.2. The Bertz CT molecular complexity index is 378. The van der Waals surface area contributed by atoms with Crippen molar-refractivity contribution in [3.05, 3.63) is 23.5 Å². The average Bonchev–Trinajstić information content (AvgIpc) is 2.73. The normalized spacial score (nSPS) is 13.6. The number of fused-ring (bicyclic) bond motifs is 1. The second-order valence-corrected chi connectivity index (χ2v) is 5.48. The maximum absolute atomic E-state index is 5.55. The van der Waals surface area contributed by atoms with E-state index in [1.54, 1.807) is 11.3 Å². The molecule has 14 heavy (non-hydrogen) atoms. The summed E-state index contributed by atoms with van der Waals surface area (Å²) in [7, 11) is 0. The summed E-state index contributed by atoms with van der Waals surface area (Å²) >= 11 is 3.52. The van der Waals surface area contributed by atoms with E-state index in [1.165, 1.54) is 0 Å². The van der Waals surface area contributed by atoms with Crippen LogP contribution in [0.1, 0.15) is 12.6 Å². The van der Waals surface area contributed by atoms with Gasteiger partial charge in [0.05, 0.1) is 5.69 Å². The van der Waals surface area contributed by atoms with Gasteiger partial charge in [0.2, 0.25) is 0 Å². The predicted octanol–water partition coefficient (Wildman–Crippen LogP) is 1.98. The molecular formula is C9H13N3S2. The van der Waals surface area contributed by atoms with Crippen LogP contribution < -0.4 is 5.73 Å². The van der Waals surface area contributed by atoms with Gasteiger partial charge in [0.15, 0.2) is 4.96 Å². The molecule has 2 heterocycles. The van der Waals surface area contributed by atoms with E-state index < -0.39 is 0 Å². The number of rotatable bonds is 4. The predicted molar refractivity (Wildman–Crippen MR) is 62.9 cm³/mol. The second-order valence-electron chi connectivity index (χ2n) is 3.18. The van der Waals surface area contributed by atoms with Gasteiger partial charge in [-0.05, 0) is 0 Å². The second kappa shape index (κ2) is 4.33. The number of hydrogen-bond donors (Lipinski definition) is 1. The Balaban J connectivity index is 2.01. The van der Waals surface area contributed by atoms with Crippen molar-refractivity contribution >= 4 is 28.1 Å². The zero-order valence-electron chi connectivity index (χ0n) is 8.01. The first-order valence-corrected chi connectivity index (χ1v) is 6.45. The lowest BCUT2D eigenvalue weighted by molar-refractivity contribution is 0.949. The van der Waals surface area contributed by atoms with Crippen molar-refractivity contribution in [2.24, 2.45) is 5.73 Å². The molecule has 1 unspecified atom stereocenters. The van der Waals surface area contributed by atoms with Crippen LogP contribution in [0, 0.1) is 0 Å². The zero-order chi connectivity index (χ0) is 9.97. The molecule has 2 aromatic heterocycles. The van der Waals surface area contributed by atoms with Gasteiger partial charge < -0.3 is 5.73 Å². The van der Waals surface area contributed by atoms with Crippen molar-refractivity contribution < 1.29 is 0 Å². The van der Waals surface area contributed by atoms with Crippen LogP contribution in [0.15, 0.2) is 17.8 Å². The SMILES string of the molecule is CC(CN)SCc1cn2ccsc2n1. The summed E-state index contributed by atoms with van der Waals surface area (Å²) in [5, 5.41) is 2.55. The minimum Gasteiger partial charge on any atom is -0.329 e. The third kappa shape index (κ3) is 2.10. The van der Waals surface area contributed by atoms with E-state index in [4.69, 9.17) is 5.73 Å². The number of thiazole rings is 1. The van der Waals surface area contributed by atoms with Crippen LogP contribution in [0.25, 0.3) is 4.96 Å². The van der Waals surface area contributed by atoms with Crippen LogP contribution in [0.3, 0.4) is 0 Å². The third-order valence-corrected chi connectivity index (χ3v) is 3.99. The number of nitrogens with two attached hydrogens (primary N) is 1. The van der Waals surface area contributed by atoms with Gasteiger partial charge in [0, 0.05) is 35.3 Å². The highest BCUT2D eigenvalue weighted by Gasteiger charge is 2.04. The molecule has 1 atom stereocenters. The average molecular weight is 227 g/mol. The van der Waals surface area contributed by atoms with E-state index in [0.29, 0.717) is 5.25 Å². The Morgan fingerprint density at radius 2 is 2.57 bits per heavy atom. The summed E-state index contributed by atoms with van der Waals surface area (Å²) in [6.07, 6.45) is 4.12. The fraction of sp³-hybridized carbons (Fsp3) is 0.444. The van der Waals surface area contributed by atoms with Crippen LogP contribution in [0.2, 0.25) is 0 Å². The minimum absolute atomic E-state index is 0.509. The van der Waals surface area contributed by atoms with Crippen LogP contribution >= 0.6 is 23.1 Å². The summed E-state index contributed by atoms with van der Waals surface area (Å²) in [5.74, 6) is 0.951. The van der Waals surface area contributed by atoms with Gasteiger partial charge >= 0.3 is 0 Å². The maximum atomic E-state index is 5.55. The molecule has 0 radical (unpaired) electrons. The molecule has 0 bridgehead atoms. The molecule has 0 fully saturated rings. The van der Waals surface area contributed by atoms with Gasteiger partial charge in [-0.3, -0.25) is 4.40 Å². The van der Waals surface area contributed by atoms with Gasteiger partial charge in [0.1, 0.15) is 0 Å². The van der Waals surface area contributed by atoms with Gasteiger partial charge in [-0.1, -0.05) is 6.92 Å². The zero-order valence-corrected chi connectivity index (χ0v) is 9.64. The van der Waals surface area contributed by atoms with Crippen molar-refractivity contribution in [3.8, 4) is 0 Å². The van der Waals surface area contributed by atoms with Crippen LogP contribution in [0.4, 0.5) is 0 Å². The van der Waals surface area contributed by atoms with E-state index in [9.17, 15) is 0 Å². The fourth-order valence-corrected chi connectivity index (χ4v) is 2.59. The first-order valence-electron chi connectivity index (χ1n) is 4.52. The Morgan fingerprint density at radius 3 is 3.29 bits per heavy atom. The molecule has 5 heteroatoms. The monoisotopic (exact) mass is 227 g/mol. The lowest BCUT2D eigenvalue weighted by Crippen LogP contribution is -2.12. The van der Waals surface area contributed by atoms with Crippen LogP contribution in [-0.2, 0) is 5.75 Å². The van der Waals surface area contributed by atoms with Crippen molar-refractivity contribution in [1.29, 1.82) is 0 Å². The highest BCUT2D eigenvalue weighted by Crippen LogP contribution is 2.18. The van der Waals surface area contributed by atoms with Crippen LogP contribution in [-0.4, -0.2) is 21.2 Å². The first-order chi connectivity index (χ1) is 6.79. The number of nitrogens with zero attached hydrogens (tertiary/aromatic N) is 2. The van der Waals surface area contributed by atoms with Crippen molar-refractivity contribution in [1.82, 2.24) is 9.38 Å². The van der Waals surface area contributed by atoms with E-state index >= 15 is 0 Å². The molecule has 3 nitrogen and oxygen atoms in total. The molecule has 0 spiro atoms. The van der Waals surface area contributed by atoms with Gasteiger partial charge in [-0.15, -0.1) is 11.3 Å². The van der Waals surface area contributed by atoms with Crippen molar-refractivity contribution in [2.75, 3.05) is 6.54 Å². The molecule has 2 rings (SSSR count). The topological polar surface area (TPSA) is 43.3 Å². The molecule has 2 aromatic rings. The molecule has 0 saturated carbocycles. The molecule has 0 aliphatic heterocycles. The Kier molecular flexibility index (Phi) is 3.10. The standard InChI is InChI=1S/C9H13N3S2/c1-7(4-10)14-6-8-5-12-2-3-13-9(12)11-8/h2-3,5,7H,4,6,10H2,1H3. The molecule has 0 aliphatic rings. The quantitative estimate of drug-likeness (QED) is 0.868. The lowest BCUT2D eigenvalue weighted by atomic mass is 10.5. The number of thioether (sulfide) groups is 1. The lowest BCUT2D eigenvalue weighted by Gasteiger charge is -2.05. The molecule has 0 amide bonds. The summed E-state index contributed by atoms with van der Waals surface area (Å²) in [4.78, 5) is 5.57. The van der Waals surface area contributed by atoms with E-state index in [2.05, 4.69) is 22.5 Å². The molecule has 76 valence electrons. The molecular weight excluding hydrogens is 214 g/mol. The smallest absolute Gasteiger partial charge is 0.193 e.